The molecule has 4 rings (SSSR count). The van der Waals surface area contributed by atoms with Gasteiger partial charge in [-0.2, -0.15) is 0 Å². The van der Waals surface area contributed by atoms with Gasteiger partial charge >= 0.3 is 12.2 Å². The Morgan fingerprint density at radius 3 is 1.91 bits per heavy atom. The molecule has 0 saturated heterocycles. The molecule has 0 unspecified atom stereocenters. The van der Waals surface area contributed by atoms with Gasteiger partial charge in [-0.15, -0.1) is 0 Å². The van der Waals surface area contributed by atoms with Crippen molar-refractivity contribution in [3.05, 3.63) is 53.8 Å². The fraction of sp³-hybridized carbons (Fsp3) is 0.545. The van der Waals surface area contributed by atoms with E-state index >= 15 is 0 Å². The van der Waals surface area contributed by atoms with Gasteiger partial charge in [-0.25, -0.2) is 27.1 Å². The number of anilines is 2. The van der Waals surface area contributed by atoms with Crippen molar-refractivity contribution in [2.45, 2.75) is 77.3 Å². The van der Waals surface area contributed by atoms with E-state index in [1.165, 1.54) is 40.1 Å². The molecule has 0 spiro atoms. The Kier molecular flexibility index (Phi) is 11.7. The first-order valence-corrected chi connectivity index (χ1v) is 17.3. The number of carbonyl (C=O) groups is 3. The number of hydrogen-bond donors (Lipinski definition) is 2. The Morgan fingerprint density at radius 2 is 1.37 bits per heavy atom. The minimum absolute atomic E-state index is 0.0571. The van der Waals surface area contributed by atoms with Crippen molar-refractivity contribution in [2.75, 3.05) is 36.1 Å². The monoisotopic (exact) mass is 660 g/mol. The summed E-state index contributed by atoms with van der Waals surface area (Å²) >= 11 is 0. The van der Waals surface area contributed by atoms with Gasteiger partial charge in [0.25, 0.3) is 0 Å². The van der Waals surface area contributed by atoms with Crippen LogP contribution in [0.1, 0.15) is 71.9 Å². The van der Waals surface area contributed by atoms with Crippen LogP contribution in [-0.4, -0.2) is 58.9 Å². The van der Waals surface area contributed by atoms with E-state index in [0.717, 1.165) is 5.56 Å². The quantitative estimate of drug-likeness (QED) is 0.331. The molecule has 2 N–H and O–H groups in total. The van der Waals surface area contributed by atoms with Gasteiger partial charge in [0.1, 0.15) is 5.82 Å². The second-order valence-electron chi connectivity index (χ2n) is 12.8. The summed E-state index contributed by atoms with van der Waals surface area (Å²) in [6, 6.07) is 9.60. The van der Waals surface area contributed by atoms with E-state index in [-0.39, 0.29) is 78.4 Å². The maximum Gasteiger partial charge on any atom is 0.414 e. The number of halogens is 1. The van der Waals surface area contributed by atoms with Gasteiger partial charge in [0.15, 0.2) is 0 Å². The number of sulfonamides is 1. The van der Waals surface area contributed by atoms with E-state index in [2.05, 4.69) is 10.0 Å². The number of rotatable bonds is 10. The van der Waals surface area contributed by atoms with Gasteiger partial charge in [-0.1, -0.05) is 39.8 Å². The van der Waals surface area contributed by atoms with Crippen molar-refractivity contribution in [2.24, 2.45) is 17.8 Å². The van der Waals surface area contributed by atoms with Crippen LogP contribution in [0.5, 0.6) is 0 Å². The van der Waals surface area contributed by atoms with Crippen molar-refractivity contribution in [1.29, 1.82) is 0 Å². The summed E-state index contributed by atoms with van der Waals surface area (Å²) in [7, 11) is -4.02. The highest BCUT2D eigenvalue weighted by molar-refractivity contribution is 7.89. The molecule has 2 aromatic carbocycles. The minimum Gasteiger partial charge on any atom is -0.449 e. The lowest BCUT2D eigenvalue weighted by Crippen LogP contribution is -2.47. The van der Waals surface area contributed by atoms with E-state index in [4.69, 9.17) is 9.47 Å². The molecule has 0 bridgehead atoms. The number of fused-ring (bicyclic) bond motifs is 1. The maximum atomic E-state index is 13.6. The maximum absolute atomic E-state index is 13.6. The van der Waals surface area contributed by atoms with Crippen LogP contribution in [0.3, 0.4) is 0 Å². The van der Waals surface area contributed by atoms with E-state index < -0.39 is 22.2 Å². The summed E-state index contributed by atoms with van der Waals surface area (Å²) in [5, 5.41) is 2.98. The predicted octanol–water partition coefficient (Wildman–Crippen LogP) is 5.75. The fourth-order valence-electron chi connectivity index (χ4n) is 5.49. The normalized spacial score (nSPS) is 19.0. The first-order chi connectivity index (χ1) is 21.7. The molecule has 1 fully saturated rings. The molecule has 13 heteroatoms. The zero-order valence-electron chi connectivity index (χ0n) is 27.1. The number of hydrogen-bond acceptors (Lipinski definition) is 7. The number of ether oxygens (including phenoxy) is 2. The first-order valence-electron chi connectivity index (χ1n) is 15.9. The first kappa shape index (κ1) is 35.1. The summed E-state index contributed by atoms with van der Waals surface area (Å²) in [6.45, 7) is 10.2. The molecular formula is C33H45FN4O7S. The molecule has 1 heterocycles. The number of amides is 3. The number of nitrogens with one attached hydrogen (secondary N) is 2. The average Bonchev–Trinajstić information content (AvgIpc) is 3.02. The SMILES string of the molecule is CC(C)COC(=O)N1CCN(C(=O)OCC(C)C)c2cc(S(=O)(=O)N[C@H]3CC[C@H](C(=O)N[C@H](C)c4ccc(F)cc4)CC3)ccc21. The van der Waals surface area contributed by atoms with Crippen molar-refractivity contribution >= 4 is 39.5 Å². The Bertz CT molecular complexity index is 1490. The lowest BCUT2D eigenvalue weighted by Gasteiger charge is -2.36. The largest absolute Gasteiger partial charge is 0.449 e. The molecule has 46 heavy (non-hydrogen) atoms. The summed E-state index contributed by atoms with van der Waals surface area (Å²) < 4.78 is 54.0. The van der Waals surface area contributed by atoms with Gasteiger partial charge in [0, 0.05) is 25.0 Å². The topological polar surface area (TPSA) is 134 Å². The highest BCUT2D eigenvalue weighted by Crippen LogP contribution is 2.37. The molecule has 1 saturated carbocycles. The van der Waals surface area contributed by atoms with Gasteiger partial charge in [0.05, 0.1) is 35.5 Å². The highest BCUT2D eigenvalue weighted by Gasteiger charge is 2.35. The lowest BCUT2D eigenvalue weighted by atomic mass is 9.85. The summed E-state index contributed by atoms with van der Waals surface area (Å²) in [5.41, 5.74) is 1.38. The molecule has 2 aliphatic rings. The smallest absolute Gasteiger partial charge is 0.414 e. The van der Waals surface area contributed by atoms with Crippen LogP contribution >= 0.6 is 0 Å². The predicted molar refractivity (Wildman–Crippen MR) is 173 cm³/mol. The molecule has 1 atom stereocenters. The van der Waals surface area contributed by atoms with Crippen LogP contribution in [0, 0.1) is 23.6 Å². The molecule has 252 valence electrons. The third-order valence-electron chi connectivity index (χ3n) is 8.06. The third kappa shape index (κ3) is 8.97. The Balaban J connectivity index is 1.44. The van der Waals surface area contributed by atoms with Crippen LogP contribution in [-0.2, 0) is 24.3 Å². The van der Waals surface area contributed by atoms with Gasteiger partial charge in [-0.3, -0.25) is 14.6 Å². The van der Waals surface area contributed by atoms with Gasteiger partial charge in [0.2, 0.25) is 15.9 Å². The van der Waals surface area contributed by atoms with E-state index in [1.54, 1.807) is 12.1 Å². The van der Waals surface area contributed by atoms with E-state index in [1.807, 2.05) is 34.6 Å². The number of nitrogens with zero attached hydrogens (tertiary/aromatic N) is 2. The van der Waals surface area contributed by atoms with Crippen molar-refractivity contribution in [3.8, 4) is 0 Å². The second kappa shape index (κ2) is 15.3. The molecule has 3 amide bonds. The molecular weight excluding hydrogens is 615 g/mol. The Morgan fingerprint density at radius 1 is 0.826 bits per heavy atom. The molecule has 11 nitrogen and oxygen atoms in total. The third-order valence-corrected chi connectivity index (χ3v) is 9.57. The van der Waals surface area contributed by atoms with Crippen LogP contribution in [0.2, 0.25) is 0 Å². The van der Waals surface area contributed by atoms with Crippen molar-refractivity contribution < 1.29 is 36.7 Å². The van der Waals surface area contributed by atoms with E-state index in [9.17, 15) is 27.2 Å². The molecule has 0 radical (unpaired) electrons. The average molecular weight is 661 g/mol. The van der Waals surface area contributed by atoms with Gasteiger partial charge in [-0.05, 0) is 80.3 Å². The zero-order chi connectivity index (χ0) is 33.6. The van der Waals surface area contributed by atoms with Crippen LogP contribution in [0.25, 0.3) is 0 Å². The number of benzene rings is 2. The molecule has 1 aliphatic heterocycles. The van der Waals surface area contributed by atoms with Gasteiger partial charge < -0.3 is 14.8 Å². The lowest BCUT2D eigenvalue weighted by molar-refractivity contribution is -0.126. The Labute approximate surface area is 270 Å². The second-order valence-corrected chi connectivity index (χ2v) is 14.6. The fourth-order valence-corrected chi connectivity index (χ4v) is 6.82. The highest BCUT2D eigenvalue weighted by atomic mass is 32.2. The van der Waals surface area contributed by atoms with Crippen LogP contribution in [0.15, 0.2) is 47.4 Å². The van der Waals surface area contributed by atoms with E-state index in [0.29, 0.717) is 31.4 Å². The van der Waals surface area contributed by atoms with Crippen LogP contribution in [0.4, 0.5) is 25.4 Å². The number of carbonyl (C=O) groups excluding carboxylic acids is 3. The zero-order valence-corrected chi connectivity index (χ0v) is 27.9. The van der Waals surface area contributed by atoms with Crippen molar-refractivity contribution in [3.63, 3.8) is 0 Å². The molecule has 2 aromatic rings. The van der Waals surface area contributed by atoms with Crippen LogP contribution < -0.4 is 19.8 Å². The minimum atomic E-state index is -4.02. The molecule has 0 aromatic heterocycles. The summed E-state index contributed by atoms with van der Waals surface area (Å²) in [5.74, 6) is -0.494. The Hall–Kier alpha value is -3.71. The summed E-state index contributed by atoms with van der Waals surface area (Å²) in [6.07, 6.45) is 0.738. The standard InChI is InChI=1S/C33H45FN4O7S/c1-21(2)19-44-32(40)37-16-17-38(33(41)45-20-22(3)4)30-18-28(14-15-29(30)37)46(42,43)36-27-12-8-25(9-13-27)31(39)35-23(5)24-6-10-26(34)11-7-24/h6-7,10-11,14-15,18,21-23,25,27,36H,8-9,12-13,16-17,19-20H2,1-5H3,(H,35,39)/t23-,25-,27-/m1/s1. The summed E-state index contributed by atoms with van der Waals surface area (Å²) in [4.78, 5) is 41.6. The van der Waals surface area contributed by atoms with Crippen molar-refractivity contribution in [1.82, 2.24) is 10.0 Å². The molecule has 1 aliphatic carbocycles.